The summed E-state index contributed by atoms with van der Waals surface area (Å²) in [4.78, 5) is 5.04. The van der Waals surface area contributed by atoms with E-state index >= 15 is 0 Å². The lowest BCUT2D eigenvalue weighted by atomic mass is 9.85. The normalized spacial score (nSPS) is 12.1. The lowest BCUT2D eigenvalue weighted by molar-refractivity contribution is 0.557. The Morgan fingerprint density at radius 1 is 0.500 bits per heavy atom. The van der Waals surface area contributed by atoms with Crippen LogP contribution in [0, 0.1) is 11.3 Å². The first-order valence-electron chi connectivity index (χ1n) is 20.5. The highest BCUT2D eigenvalue weighted by Gasteiger charge is 2.23. The molecule has 7 rings (SSSR count). The molecule has 56 heavy (non-hydrogen) atoms. The third-order valence-corrected chi connectivity index (χ3v) is 11.9. The number of unbranched alkanes of at least 4 members (excludes halogenated alkanes) is 9. The molecule has 0 N–H and O–H groups in total. The second-order valence-corrected chi connectivity index (χ2v) is 15.8. The zero-order chi connectivity index (χ0) is 38.4. The number of hydrogen-bond donors (Lipinski definition) is 0. The molecule has 0 saturated carbocycles. The molecule has 0 spiro atoms. The Hall–Kier alpha value is -5.56. The van der Waals surface area contributed by atoms with E-state index in [-0.39, 0.29) is 0 Å². The number of anilines is 2. The van der Waals surface area contributed by atoms with E-state index in [0.29, 0.717) is 5.57 Å². The molecule has 1 aliphatic rings. The molecule has 0 atom stereocenters. The van der Waals surface area contributed by atoms with Crippen LogP contribution in [-0.2, 0) is 0 Å². The maximum Gasteiger partial charge on any atom is 0.0998 e. The molecule has 6 aromatic carbocycles. The number of nitrogens with zero attached hydrogens (tertiary/aromatic N) is 2. The van der Waals surface area contributed by atoms with Crippen molar-refractivity contribution in [3.05, 3.63) is 191 Å². The first-order chi connectivity index (χ1) is 27.7. The van der Waals surface area contributed by atoms with E-state index in [4.69, 9.17) is 0 Å². The molecule has 0 fully saturated rings. The quantitative estimate of drug-likeness (QED) is 0.0528. The molecule has 0 aromatic heterocycles. The number of hydrogen-bond acceptors (Lipinski definition) is 3. The molecule has 0 radical (unpaired) electrons. The minimum Gasteiger partial charge on any atom is -0.340 e. The van der Waals surface area contributed by atoms with Gasteiger partial charge in [-0.1, -0.05) is 210 Å². The summed E-state index contributed by atoms with van der Waals surface area (Å²) >= 11 is 1.83. The smallest absolute Gasteiger partial charge is 0.0998 e. The van der Waals surface area contributed by atoms with Crippen molar-refractivity contribution in [2.45, 2.75) is 80.9 Å². The SMILES string of the molecule is CCCCCCCCCCCCN1c2ccccc2Sc2cc(/C=C(\C#N)c3ccc(C(=C(c4ccccc4)c4ccccc4)c4ccccc4)cc3)ccc21. The van der Waals surface area contributed by atoms with E-state index in [1.54, 1.807) is 0 Å². The van der Waals surface area contributed by atoms with Crippen LogP contribution in [-0.4, -0.2) is 6.54 Å². The van der Waals surface area contributed by atoms with Crippen LogP contribution < -0.4 is 4.90 Å². The highest BCUT2D eigenvalue weighted by molar-refractivity contribution is 7.99. The van der Waals surface area contributed by atoms with Crippen LogP contribution in [0.25, 0.3) is 22.8 Å². The Balaban J connectivity index is 1.13. The molecule has 3 heteroatoms. The molecule has 0 bridgehead atoms. The van der Waals surface area contributed by atoms with Crippen molar-refractivity contribution in [1.29, 1.82) is 5.26 Å². The van der Waals surface area contributed by atoms with Gasteiger partial charge in [-0.2, -0.15) is 5.26 Å². The number of rotatable bonds is 17. The van der Waals surface area contributed by atoms with E-state index in [9.17, 15) is 5.26 Å². The van der Waals surface area contributed by atoms with Crippen LogP contribution in [0.3, 0.4) is 0 Å². The molecule has 0 amide bonds. The molecular weight excluding hydrogens is 697 g/mol. The van der Waals surface area contributed by atoms with Crippen LogP contribution in [0.4, 0.5) is 11.4 Å². The van der Waals surface area contributed by atoms with E-state index < -0.39 is 0 Å². The summed E-state index contributed by atoms with van der Waals surface area (Å²) in [7, 11) is 0. The van der Waals surface area contributed by atoms with Gasteiger partial charge in [0, 0.05) is 16.3 Å². The summed E-state index contributed by atoms with van der Waals surface area (Å²) in [6.45, 7) is 3.30. The minimum atomic E-state index is 0.650. The average molecular weight is 749 g/mol. The Morgan fingerprint density at radius 3 is 1.52 bits per heavy atom. The van der Waals surface area contributed by atoms with E-state index in [1.807, 2.05) is 17.8 Å². The lowest BCUT2D eigenvalue weighted by Gasteiger charge is -2.33. The zero-order valence-corrected chi connectivity index (χ0v) is 33.5. The van der Waals surface area contributed by atoms with Crippen molar-refractivity contribution in [2.75, 3.05) is 11.4 Å². The van der Waals surface area contributed by atoms with Crippen LogP contribution in [0.15, 0.2) is 168 Å². The van der Waals surface area contributed by atoms with Crippen molar-refractivity contribution < 1.29 is 0 Å². The molecule has 280 valence electrons. The van der Waals surface area contributed by atoms with Crippen molar-refractivity contribution in [3.63, 3.8) is 0 Å². The third-order valence-electron chi connectivity index (χ3n) is 10.7. The van der Waals surface area contributed by atoms with Gasteiger partial charge in [-0.05, 0) is 81.3 Å². The predicted octanol–water partition coefficient (Wildman–Crippen LogP) is 15.3. The lowest BCUT2D eigenvalue weighted by Crippen LogP contribution is -2.22. The van der Waals surface area contributed by atoms with Crippen LogP contribution in [0.1, 0.15) is 105 Å². The summed E-state index contributed by atoms with van der Waals surface area (Å²) in [5.41, 5.74) is 12.1. The Labute approximate surface area is 339 Å². The van der Waals surface area contributed by atoms with Gasteiger partial charge in [0.15, 0.2) is 0 Å². The molecule has 6 aromatic rings. The van der Waals surface area contributed by atoms with Gasteiger partial charge in [0.05, 0.1) is 23.0 Å². The van der Waals surface area contributed by atoms with E-state index in [0.717, 1.165) is 45.5 Å². The zero-order valence-electron chi connectivity index (χ0n) is 32.7. The molecule has 0 aliphatic carbocycles. The first kappa shape index (κ1) is 38.7. The van der Waals surface area contributed by atoms with Gasteiger partial charge in [-0.3, -0.25) is 0 Å². The van der Waals surface area contributed by atoms with Gasteiger partial charge in [0.1, 0.15) is 0 Å². The van der Waals surface area contributed by atoms with E-state index in [1.165, 1.54) is 90.9 Å². The van der Waals surface area contributed by atoms with Crippen LogP contribution in [0.2, 0.25) is 0 Å². The second-order valence-electron chi connectivity index (χ2n) is 14.7. The standard InChI is InChI=1S/C53H52N2S/c1-2-3-4-5-6-7-8-9-10-22-37-55-48-29-20-21-30-50(48)56-51-39-41(31-36-49(51)55)38-47(40-54)42-32-34-46(35-33-42)53(45-27-18-13-19-28-45)52(43-23-14-11-15-24-43)44-25-16-12-17-26-44/h11-21,23-36,38-39H,2-10,22,37H2,1H3/b47-38+. The fraction of sp³-hybridized carbons (Fsp3) is 0.226. The first-order valence-corrected chi connectivity index (χ1v) is 21.4. The second kappa shape index (κ2) is 19.9. The minimum absolute atomic E-state index is 0.650. The third kappa shape index (κ3) is 9.62. The van der Waals surface area contributed by atoms with Gasteiger partial charge in [0.25, 0.3) is 0 Å². The van der Waals surface area contributed by atoms with Crippen molar-refractivity contribution >= 4 is 45.9 Å². The monoisotopic (exact) mass is 748 g/mol. The fourth-order valence-electron chi connectivity index (χ4n) is 7.83. The number of para-hydroxylation sites is 1. The largest absolute Gasteiger partial charge is 0.340 e. The highest BCUT2D eigenvalue weighted by atomic mass is 32.2. The Kier molecular flexibility index (Phi) is 13.7. The van der Waals surface area contributed by atoms with Gasteiger partial charge in [-0.15, -0.1) is 0 Å². The van der Waals surface area contributed by atoms with Gasteiger partial charge < -0.3 is 4.90 Å². The average Bonchev–Trinajstić information content (AvgIpc) is 3.26. The summed E-state index contributed by atoms with van der Waals surface area (Å²) in [6, 6.07) is 58.4. The predicted molar refractivity (Wildman–Crippen MR) is 240 cm³/mol. The molecular formula is C53H52N2S. The Bertz CT molecular complexity index is 2220. The number of benzene rings is 6. The van der Waals surface area contributed by atoms with Crippen molar-refractivity contribution in [2.24, 2.45) is 0 Å². The molecule has 1 heterocycles. The van der Waals surface area contributed by atoms with Gasteiger partial charge in [-0.25, -0.2) is 0 Å². The summed E-state index contributed by atoms with van der Waals surface area (Å²) in [5, 5.41) is 10.5. The molecule has 0 unspecified atom stereocenters. The summed E-state index contributed by atoms with van der Waals surface area (Å²) < 4.78 is 0. The highest BCUT2D eigenvalue weighted by Crippen LogP contribution is 2.48. The fourth-order valence-corrected chi connectivity index (χ4v) is 8.97. The van der Waals surface area contributed by atoms with Gasteiger partial charge in [0.2, 0.25) is 0 Å². The molecule has 2 nitrogen and oxygen atoms in total. The summed E-state index contributed by atoms with van der Waals surface area (Å²) in [6.07, 6.45) is 15.4. The maximum absolute atomic E-state index is 10.5. The van der Waals surface area contributed by atoms with Crippen molar-refractivity contribution in [1.82, 2.24) is 0 Å². The number of allylic oxidation sites excluding steroid dienone is 1. The number of nitriles is 1. The van der Waals surface area contributed by atoms with E-state index in [2.05, 4.69) is 176 Å². The van der Waals surface area contributed by atoms with Crippen molar-refractivity contribution in [3.8, 4) is 6.07 Å². The number of fused-ring (bicyclic) bond motifs is 2. The molecule has 0 saturated heterocycles. The Morgan fingerprint density at radius 2 is 0.964 bits per heavy atom. The maximum atomic E-state index is 10.5. The van der Waals surface area contributed by atoms with Gasteiger partial charge >= 0.3 is 0 Å². The van der Waals surface area contributed by atoms with Crippen LogP contribution in [0.5, 0.6) is 0 Å². The van der Waals surface area contributed by atoms with Crippen LogP contribution >= 0.6 is 11.8 Å². The summed E-state index contributed by atoms with van der Waals surface area (Å²) in [5.74, 6) is 0. The molecule has 1 aliphatic heterocycles. The topological polar surface area (TPSA) is 27.0 Å².